The number of hydrogen-bond acceptors (Lipinski definition) is 2. The third kappa shape index (κ3) is 1.11. The van der Waals surface area contributed by atoms with E-state index < -0.39 is 0 Å². The molecule has 2 nitrogen and oxygen atoms in total. The van der Waals surface area contributed by atoms with E-state index in [1.165, 1.54) is 0 Å². The zero-order chi connectivity index (χ0) is 7.52. The minimum atomic E-state index is 1.06. The van der Waals surface area contributed by atoms with E-state index in [0.717, 1.165) is 11.1 Å². The first kappa shape index (κ1) is 6.08. The molecule has 0 atom stereocenters. The van der Waals surface area contributed by atoms with E-state index in [4.69, 9.17) is 0 Å². The van der Waals surface area contributed by atoms with Crippen molar-refractivity contribution < 1.29 is 0 Å². The SMILES string of the molecule is C1=Cc2cnccc2C=CN=1. The minimum Gasteiger partial charge on any atom is -0.264 e. The second-order valence-electron chi connectivity index (χ2n) is 2.22. The van der Waals surface area contributed by atoms with Gasteiger partial charge in [0.15, 0.2) is 0 Å². The Kier molecular flexibility index (Phi) is 1.39. The van der Waals surface area contributed by atoms with E-state index in [9.17, 15) is 0 Å². The molecule has 0 fully saturated rings. The molecule has 1 aromatic heterocycles. The van der Waals surface area contributed by atoms with Crippen LogP contribution in [0, 0.1) is 0 Å². The maximum absolute atomic E-state index is 3.99. The minimum absolute atomic E-state index is 1.06. The summed E-state index contributed by atoms with van der Waals surface area (Å²) in [4.78, 5) is 7.86. The molecule has 1 aliphatic heterocycles. The fourth-order valence-electron chi connectivity index (χ4n) is 0.957. The van der Waals surface area contributed by atoms with Crippen LogP contribution in [0.4, 0.5) is 0 Å². The van der Waals surface area contributed by atoms with Gasteiger partial charge in [-0.05, 0) is 23.6 Å². The lowest BCUT2D eigenvalue weighted by atomic mass is 10.1. The smallest absolute Gasteiger partial charge is 0.0374 e. The maximum atomic E-state index is 3.99. The summed E-state index contributed by atoms with van der Waals surface area (Å²) in [5.41, 5.74) is 2.19. The van der Waals surface area contributed by atoms with E-state index >= 15 is 0 Å². The van der Waals surface area contributed by atoms with Gasteiger partial charge >= 0.3 is 0 Å². The van der Waals surface area contributed by atoms with Crippen LogP contribution in [0.3, 0.4) is 0 Å². The van der Waals surface area contributed by atoms with Gasteiger partial charge in [0.2, 0.25) is 0 Å². The Hall–Kier alpha value is -1.66. The van der Waals surface area contributed by atoms with Gasteiger partial charge < -0.3 is 0 Å². The normalized spacial score (nSPS) is 12.7. The third-order valence-corrected chi connectivity index (χ3v) is 1.51. The lowest BCUT2D eigenvalue weighted by molar-refractivity contribution is 1.31. The van der Waals surface area contributed by atoms with Gasteiger partial charge in [-0.25, -0.2) is 4.99 Å². The zero-order valence-electron chi connectivity index (χ0n) is 5.86. The van der Waals surface area contributed by atoms with Crippen molar-refractivity contribution in [2.75, 3.05) is 0 Å². The Morgan fingerprint density at radius 1 is 1.27 bits per heavy atom. The average molecular weight is 142 g/mol. The second-order valence-corrected chi connectivity index (χ2v) is 2.22. The van der Waals surface area contributed by atoms with Gasteiger partial charge in [0.05, 0.1) is 0 Å². The highest BCUT2D eigenvalue weighted by atomic mass is 14.7. The molecule has 0 bridgehead atoms. The highest BCUT2D eigenvalue weighted by Crippen LogP contribution is 2.11. The van der Waals surface area contributed by atoms with Gasteiger partial charge in [0.25, 0.3) is 0 Å². The standard InChI is InChI=1S/C9H6N2/c1-4-10-5-3-9-7-11-6-2-8(1)9/h1-4,6-7H. The van der Waals surface area contributed by atoms with Gasteiger partial charge in [-0.2, -0.15) is 0 Å². The molecule has 2 heteroatoms. The van der Waals surface area contributed by atoms with Crippen molar-refractivity contribution in [2.45, 2.75) is 0 Å². The molecular weight excluding hydrogens is 136 g/mol. The monoisotopic (exact) mass is 142 g/mol. The molecule has 2 rings (SSSR count). The summed E-state index contributed by atoms with van der Waals surface area (Å²) in [6.07, 6.45) is 9.05. The molecule has 0 aromatic carbocycles. The van der Waals surface area contributed by atoms with Crippen LogP contribution in [-0.4, -0.2) is 10.9 Å². The summed E-state index contributed by atoms with van der Waals surface area (Å²) in [5.74, 6) is 2.78. The van der Waals surface area contributed by atoms with E-state index in [1.807, 2.05) is 18.2 Å². The van der Waals surface area contributed by atoms with Crippen molar-refractivity contribution in [3.05, 3.63) is 35.8 Å². The number of fused-ring (bicyclic) bond motifs is 1. The summed E-state index contributed by atoms with van der Waals surface area (Å²) in [6, 6.07) is 1.95. The molecular formula is C9H6N2. The lowest BCUT2D eigenvalue weighted by Gasteiger charge is -1.94. The number of aliphatic imine (C=N–C) groups is 1. The van der Waals surface area contributed by atoms with Crippen molar-refractivity contribution in [2.24, 2.45) is 4.99 Å². The van der Waals surface area contributed by atoms with Gasteiger partial charge in [0, 0.05) is 30.2 Å². The molecule has 0 saturated heterocycles. The van der Waals surface area contributed by atoms with Crippen LogP contribution >= 0.6 is 0 Å². The fourth-order valence-corrected chi connectivity index (χ4v) is 0.957. The third-order valence-electron chi connectivity index (χ3n) is 1.51. The summed E-state index contributed by atoms with van der Waals surface area (Å²) in [6.45, 7) is 0. The van der Waals surface area contributed by atoms with Crippen LogP contribution in [0.2, 0.25) is 0 Å². The number of hydrogen-bond donors (Lipinski definition) is 0. The molecule has 0 spiro atoms. The van der Waals surface area contributed by atoms with Crippen molar-refractivity contribution >= 4 is 18.0 Å². The lowest BCUT2D eigenvalue weighted by Crippen LogP contribution is -1.80. The molecule has 0 amide bonds. The molecule has 52 valence electrons. The zero-order valence-corrected chi connectivity index (χ0v) is 5.86. The van der Waals surface area contributed by atoms with Crippen LogP contribution in [0.5, 0.6) is 0 Å². The van der Waals surface area contributed by atoms with Crippen molar-refractivity contribution in [1.82, 2.24) is 4.98 Å². The Bertz CT molecular complexity index is 358. The number of aromatic nitrogens is 1. The van der Waals surface area contributed by atoms with E-state index in [1.54, 1.807) is 18.6 Å². The summed E-state index contributed by atoms with van der Waals surface area (Å²) in [7, 11) is 0. The second kappa shape index (κ2) is 2.52. The Morgan fingerprint density at radius 3 is 3.27 bits per heavy atom. The quantitative estimate of drug-likeness (QED) is 0.541. The maximum Gasteiger partial charge on any atom is 0.0374 e. The van der Waals surface area contributed by atoms with Crippen LogP contribution in [-0.2, 0) is 0 Å². The fraction of sp³-hybridized carbons (Fsp3) is 0. The van der Waals surface area contributed by atoms with Gasteiger partial charge in [0.1, 0.15) is 0 Å². The van der Waals surface area contributed by atoms with Crippen LogP contribution in [0.25, 0.3) is 12.2 Å². The predicted molar refractivity (Wildman–Crippen MR) is 45.2 cm³/mol. The van der Waals surface area contributed by atoms with Gasteiger partial charge in [-0.15, -0.1) is 0 Å². The molecule has 0 saturated carbocycles. The highest BCUT2D eigenvalue weighted by molar-refractivity contribution is 5.83. The van der Waals surface area contributed by atoms with Gasteiger partial charge in [-0.1, -0.05) is 0 Å². The van der Waals surface area contributed by atoms with Crippen molar-refractivity contribution in [1.29, 1.82) is 0 Å². The van der Waals surface area contributed by atoms with E-state index in [2.05, 4.69) is 15.8 Å². The number of pyridine rings is 1. The number of nitrogens with zero attached hydrogens (tertiary/aromatic N) is 2. The molecule has 0 radical (unpaired) electrons. The molecule has 11 heavy (non-hydrogen) atoms. The predicted octanol–water partition coefficient (Wildman–Crippen LogP) is 1.75. The largest absolute Gasteiger partial charge is 0.264 e. The molecule has 0 aliphatic carbocycles. The summed E-state index contributed by atoms with van der Waals surface area (Å²) in [5, 5.41) is 0. The first-order valence-corrected chi connectivity index (χ1v) is 3.36. The highest BCUT2D eigenvalue weighted by Gasteiger charge is 1.94. The Labute approximate surface area is 64.6 Å². The van der Waals surface area contributed by atoms with Crippen molar-refractivity contribution in [3.63, 3.8) is 0 Å². The Morgan fingerprint density at radius 2 is 2.27 bits per heavy atom. The average Bonchev–Trinajstić information content (AvgIpc) is 2.28. The van der Waals surface area contributed by atoms with Gasteiger partial charge in [-0.3, -0.25) is 4.98 Å². The van der Waals surface area contributed by atoms with E-state index in [-0.39, 0.29) is 0 Å². The topological polar surface area (TPSA) is 25.2 Å². The summed E-state index contributed by atoms with van der Waals surface area (Å²) >= 11 is 0. The molecule has 1 aliphatic rings. The van der Waals surface area contributed by atoms with Crippen LogP contribution in [0.15, 0.2) is 29.7 Å². The van der Waals surface area contributed by atoms with Crippen LogP contribution in [0.1, 0.15) is 11.1 Å². The first-order valence-electron chi connectivity index (χ1n) is 3.36. The van der Waals surface area contributed by atoms with Crippen LogP contribution < -0.4 is 0 Å². The molecule has 0 unspecified atom stereocenters. The van der Waals surface area contributed by atoms with E-state index in [0.29, 0.717) is 0 Å². The molecule has 0 N–H and O–H groups in total. The number of rotatable bonds is 0. The first-order chi connectivity index (χ1) is 5.47. The Balaban J connectivity index is 2.67. The molecule has 2 heterocycles. The summed E-state index contributed by atoms with van der Waals surface area (Å²) < 4.78 is 0. The molecule has 1 aromatic rings. The van der Waals surface area contributed by atoms with Crippen molar-refractivity contribution in [3.8, 4) is 0 Å².